The molecule has 0 aliphatic rings. The van der Waals surface area contributed by atoms with Gasteiger partial charge in [-0.1, -0.05) is 38.1 Å². The van der Waals surface area contributed by atoms with E-state index in [1.165, 1.54) is 11.1 Å². The molecule has 3 nitrogen and oxygen atoms in total. The summed E-state index contributed by atoms with van der Waals surface area (Å²) in [6.45, 7) is 9.94. The highest BCUT2D eigenvalue weighted by Crippen LogP contribution is 2.07. The number of benzene rings is 1. The van der Waals surface area contributed by atoms with Crippen LogP contribution in [-0.4, -0.2) is 25.9 Å². The summed E-state index contributed by atoms with van der Waals surface area (Å²) < 4.78 is 10.8. The number of rotatable bonds is 9. The highest BCUT2D eigenvalue weighted by atomic mass is 16.5. The van der Waals surface area contributed by atoms with Gasteiger partial charge in [0.1, 0.15) is 0 Å². The quantitative estimate of drug-likeness (QED) is 0.685. The van der Waals surface area contributed by atoms with Gasteiger partial charge in [0.2, 0.25) is 0 Å². The topological polar surface area (TPSA) is 30.5 Å². The van der Waals surface area contributed by atoms with E-state index in [-0.39, 0.29) is 0 Å². The van der Waals surface area contributed by atoms with Crippen molar-refractivity contribution in [1.82, 2.24) is 5.32 Å². The van der Waals surface area contributed by atoms with Gasteiger partial charge >= 0.3 is 0 Å². The summed E-state index contributed by atoms with van der Waals surface area (Å²) in [6, 6.07) is 9.02. The van der Waals surface area contributed by atoms with Crippen LogP contribution in [0.25, 0.3) is 0 Å². The van der Waals surface area contributed by atoms with Gasteiger partial charge in [-0.15, -0.1) is 0 Å². The fraction of sp³-hybridized carbons (Fsp3) is 0.600. The van der Waals surface area contributed by atoms with Gasteiger partial charge in [0.15, 0.2) is 0 Å². The zero-order chi connectivity index (χ0) is 13.2. The molecule has 0 aliphatic carbocycles. The Kier molecular flexibility index (Phi) is 7.65. The lowest BCUT2D eigenvalue weighted by molar-refractivity contribution is 0.0453. The largest absolute Gasteiger partial charge is 0.379 e. The maximum absolute atomic E-state index is 5.56. The van der Waals surface area contributed by atoms with Crippen LogP contribution in [0.4, 0.5) is 0 Å². The summed E-state index contributed by atoms with van der Waals surface area (Å²) in [7, 11) is 0. The molecule has 0 bridgehead atoms. The Morgan fingerprint density at radius 2 is 1.83 bits per heavy atom. The molecule has 0 aliphatic heterocycles. The van der Waals surface area contributed by atoms with Crippen LogP contribution < -0.4 is 5.32 Å². The van der Waals surface area contributed by atoms with Gasteiger partial charge in [0.25, 0.3) is 0 Å². The first-order valence-corrected chi connectivity index (χ1v) is 6.69. The number of ether oxygens (including phenoxy) is 2. The van der Waals surface area contributed by atoms with Crippen molar-refractivity contribution in [3.05, 3.63) is 35.4 Å². The maximum atomic E-state index is 5.56. The van der Waals surface area contributed by atoms with Crippen LogP contribution in [0.3, 0.4) is 0 Å². The number of nitrogens with one attached hydrogen (secondary N) is 1. The van der Waals surface area contributed by atoms with E-state index in [0.717, 1.165) is 13.2 Å². The van der Waals surface area contributed by atoms with Gasteiger partial charge in [-0.05, 0) is 18.1 Å². The first-order valence-electron chi connectivity index (χ1n) is 6.69. The zero-order valence-corrected chi connectivity index (χ0v) is 11.7. The Labute approximate surface area is 110 Å². The Morgan fingerprint density at radius 1 is 1.11 bits per heavy atom. The Hall–Kier alpha value is -0.900. The standard InChI is InChI=1S/C15H25NO2/c1-4-17-8-9-18-12-15-7-5-6-14(10-15)11-16-13(2)3/h5-7,10,13,16H,4,8-9,11-12H2,1-3H3. The SMILES string of the molecule is CCOCCOCc1cccc(CNC(C)C)c1. The first kappa shape index (κ1) is 15.2. The van der Waals surface area contributed by atoms with Crippen molar-refractivity contribution in [2.75, 3.05) is 19.8 Å². The van der Waals surface area contributed by atoms with E-state index in [9.17, 15) is 0 Å². The number of hydrogen-bond acceptors (Lipinski definition) is 3. The molecule has 1 aromatic rings. The highest BCUT2D eigenvalue weighted by Gasteiger charge is 1.98. The molecule has 0 saturated carbocycles. The smallest absolute Gasteiger partial charge is 0.0718 e. The van der Waals surface area contributed by atoms with E-state index < -0.39 is 0 Å². The molecule has 0 unspecified atom stereocenters. The molecule has 0 spiro atoms. The van der Waals surface area contributed by atoms with E-state index in [4.69, 9.17) is 9.47 Å². The van der Waals surface area contributed by atoms with Crippen molar-refractivity contribution in [3.8, 4) is 0 Å². The minimum Gasteiger partial charge on any atom is -0.379 e. The van der Waals surface area contributed by atoms with Gasteiger partial charge in [-0.2, -0.15) is 0 Å². The van der Waals surface area contributed by atoms with E-state index >= 15 is 0 Å². The molecule has 0 amide bonds. The van der Waals surface area contributed by atoms with Gasteiger partial charge < -0.3 is 14.8 Å². The normalized spacial score (nSPS) is 11.1. The minimum absolute atomic E-state index is 0.510. The third-order valence-electron chi connectivity index (χ3n) is 2.55. The predicted molar refractivity (Wildman–Crippen MR) is 74.6 cm³/mol. The monoisotopic (exact) mass is 251 g/mol. The second-order valence-electron chi connectivity index (χ2n) is 4.61. The summed E-state index contributed by atoms with van der Waals surface area (Å²) in [5.41, 5.74) is 2.52. The van der Waals surface area contributed by atoms with Crippen LogP contribution >= 0.6 is 0 Å². The molecule has 0 atom stereocenters. The average Bonchev–Trinajstić information content (AvgIpc) is 2.37. The van der Waals surface area contributed by atoms with E-state index in [1.807, 2.05) is 6.92 Å². The van der Waals surface area contributed by atoms with Gasteiger partial charge in [-0.25, -0.2) is 0 Å². The summed E-state index contributed by atoms with van der Waals surface area (Å²) in [5.74, 6) is 0. The predicted octanol–water partition coefficient (Wildman–Crippen LogP) is 2.74. The van der Waals surface area contributed by atoms with Crippen LogP contribution in [0.5, 0.6) is 0 Å². The van der Waals surface area contributed by atoms with Crippen molar-refractivity contribution in [1.29, 1.82) is 0 Å². The molecule has 102 valence electrons. The van der Waals surface area contributed by atoms with Gasteiger partial charge in [-0.3, -0.25) is 0 Å². The fourth-order valence-electron chi connectivity index (χ4n) is 1.60. The molecule has 3 heteroatoms. The molecular formula is C15H25NO2. The molecule has 1 aromatic carbocycles. The molecule has 0 aromatic heterocycles. The van der Waals surface area contributed by atoms with Crippen LogP contribution in [0.15, 0.2) is 24.3 Å². The second-order valence-corrected chi connectivity index (χ2v) is 4.61. The summed E-state index contributed by atoms with van der Waals surface area (Å²) >= 11 is 0. The molecule has 0 saturated heterocycles. The van der Waals surface area contributed by atoms with E-state index in [2.05, 4.69) is 43.4 Å². The van der Waals surface area contributed by atoms with E-state index in [0.29, 0.717) is 25.9 Å². The second kappa shape index (κ2) is 9.09. The highest BCUT2D eigenvalue weighted by molar-refractivity contribution is 5.22. The Balaban J connectivity index is 2.30. The Morgan fingerprint density at radius 3 is 2.56 bits per heavy atom. The Bertz CT molecular complexity index is 326. The first-order chi connectivity index (χ1) is 8.72. The van der Waals surface area contributed by atoms with Crippen molar-refractivity contribution in [2.24, 2.45) is 0 Å². The lowest BCUT2D eigenvalue weighted by Gasteiger charge is -2.10. The summed E-state index contributed by atoms with van der Waals surface area (Å²) in [4.78, 5) is 0. The fourth-order valence-corrected chi connectivity index (χ4v) is 1.60. The van der Waals surface area contributed by atoms with Crippen molar-refractivity contribution < 1.29 is 9.47 Å². The van der Waals surface area contributed by atoms with Crippen molar-refractivity contribution in [2.45, 2.75) is 40.0 Å². The zero-order valence-electron chi connectivity index (χ0n) is 11.7. The average molecular weight is 251 g/mol. The van der Waals surface area contributed by atoms with Crippen LogP contribution in [0.1, 0.15) is 31.9 Å². The van der Waals surface area contributed by atoms with Gasteiger partial charge in [0.05, 0.1) is 19.8 Å². The molecular weight excluding hydrogens is 226 g/mol. The third kappa shape index (κ3) is 6.74. The van der Waals surface area contributed by atoms with Crippen molar-refractivity contribution >= 4 is 0 Å². The van der Waals surface area contributed by atoms with Crippen LogP contribution in [-0.2, 0) is 22.6 Å². The lowest BCUT2D eigenvalue weighted by atomic mass is 10.1. The third-order valence-corrected chi connectivity index (χ3v) is 2.55. The summed E-state index contributed by atoms with van der Waals surface area (Å²) in [6.07, 6.45) is 0. The lowest BCUT2D eigenvalue weighted by Crippen LogP contribution is -2.21. The van der Waals surface area contributed by atoms with E-state index in [1.54, 1.807) is 0 Å². The molecule has 0 radical (unpaired) electrons. The minimum atomic E-state index is 0.510. The van der Waals surface area contributed by atoms with Crippen molar-refractivity contribution in [3.63, 3.8) is 0 Å². The van der Waals surface area contributed by atoms with Gasteiger partial charge in [0, 0.05) is 19.2 Å². The molecule has 0 heterocycles. The molecule has 1 N–H and O–H groups in total. The summed E-state index contributed by atoms with van der Waals surface area (Å²) in [5, 5.41) is 3.41. The molecule has 1 rings (SSSR count). The number of hydrogen-bond donors (Lipinski definition) is 1. The maximum Gasteiger partial charge on any atom is 0.0718 e. The molecule has 18 heavy (non-hydrogen) atoms. The van der Waals surface area contributed by atoms with Crippen LogP contribution in [0, 0.1) is 0 Å². The van der Waals surface area contributed by atoms with Crippen LogP contribution in [0.2, 0.25) is 0 Å². The molecule has 0 fully saturated rings.